The highest BCUT2D eigenvalue weighted by molar-refractivity contribution is 14.0. The van der Waals surface area contributed by atoms with Gasteiger partial charge in [0.05, 0.1) is 13.0 Å². The number of hydrogen-bond donors (Lipinski definition) is 1. The molecule has 0 saturated carbocycles. The molecule has 0 radical (unpaired) electrons. The molecule has 0 heterocycles. The van der Waals surface area contributed by atoms with Crippen LogP contribution in [-0.4, -0.2) is 51.1 Å². The van der Waals surface area contributed by atoms with Crippen LogP contribution in [0.5, 0.6) is 0 Å². The smallest absolute Gasteiger partial charge is 0.310 e. The van der Waals surface area contributed by atoms with Gasteiger partial charge in [-0.15, -0.1) is 24.0 Å². The molecule has 0 aromatic heterocycles. The van der Waals surface area contributed by atoms with Crippen molar-refractivity contribution >= 4 is 35.9 Å². The number of unbranched alkanes of at least 4 members (excludes halogenated alkanes) is 1. The molecule has 6 heteroatoms. The zero-order chi connectivity index (χ0) is 13.3. The topological polar surface area (TPSA) is 53.9 Å². The lowest BCUT2D eigenvalue weighted by atomic mass is 10.2. The minimum atomic E-state index is -0.204. The van der Waals surface area contributed by atoms with Gasteiger partial charge in [0, 0.05) is 27.2 Å². The maximum Gasteiger partial charge on any atom is 0.310 e. The normalized spacial score (nSPS) is 12.4. The first-order valence-electron chi connectivity index (χ1n) is 6.06. The van der Waals surface area contributed by atoms with E-state index in [2.05, 4.69) is 26.9 Å². The first kappa shape index (κ1) is 19.8. The summed E-state index contributed by atoms with van der Waals surface area (Å²) in [5, 5.41) is 3.17. The van der Waals surface area contributed by atoms with Crippen molar-refractivity contribution in [3.8, 4) is 0 Å². The van der Waals surface area contributed by atoms with E-state index in [1.165, 1.54) is 7.11 Å². The fourth-order valence-electron chi connectivity index (χ4n) is 1.41. The molecule has 0 spiro atoms. The Hall–Kier alpha value is -0.530. The number of rotatable bonds is 6. The zero-order valence-corrected chi connectivity index (χ0v) is 14.4. The Balaban J connectivity index is 0. The largest absolute Gasteiger partial charge is 0.469 e. The number of nitrogens with one attached hydrogen (secondary N) is 1. The summed E-state index contributed by atoms with van der Waals surface area (Å²) in [6.45, 7) is 5.49. The van der Waals surface area contributed by atoms with Gasteiger partial charge in [0.15, 0.2) is 5.96 Å². The molecule has 0 amide bonds. The van der Waals surface area contributed by atoms with Gasteiger partial charge in [0.1, 0.15) is 0 Å². The van der Waals surface area contributed by atoms with Crippen LogP contribution in [0.3, 0.4) is 0 Å². The number of esters is 1. The molecule has 5 nitrogen and oxygen atoms in total. The molecular formula is C12H26IN3O2. The van der Waals surface area contributed by atoms with Crippen LogP contribution in [-0.2, 0) is 9.53 Å². The first-order chi connectivity index (χ1) is 8.06. The standard InChI is InChI=1S/C12H25N3O2.HI/c1-6-7-8-15(4)12(13-3)14-9-10(2)11(16)17-5;/h10H,6-9H2,1-5H3,(H,13,14);1H. The third kappa shape index (κ3) is 7.73. The molecule has 1 atom stereocenters. The molecule has 0 rings (SSSR count). The summed E-state index contributed by atoms with van der Waals surface area (Å²) in [5.74, 6) is 0.440. The number of halogens is 1. The van der Waals surface area contributed by atoms with Crippen LogP contribution in [0.2, 0.25) is 0 Å². The molecule has 1 unspecified atom stereocenters. The Morgan fingerprint density at radius 2 is 2.11 bits per heavy atom. The summed E-state index contributed by atoms with van der Waals surface area (Å²) in [6.07, 6.45) is 2.28. The molecule has 0 aliphatic heterocycles. The molecule has 0 aromatic carbocycles. The molecule has 0 aliphatic rings. The Morgan fingerprint density at radius 1 is 1.50 bits per heavy atom. The lowest BCUT2D eigenvalue weighted by Gasteiger charge is -2.22. The minimum absolute atomic E-state index is 0. The number of aliphatic imine (C=N–C) groups is 1. The van der Waals surface area contributed by atoms with E-state index in [1.54, 1.807) is 7.05 Å². The van der Waals surface area contributed by atoms with Gasteiger partial charge in [-0.05, 0) is 6.42 Å². The van der Waals surface area contributed by atoms with Crippen molar-refractivity contribution < 1.29 is 9.53 Å². The Bertz CT molecular complexity index is 260. The van der Waals surface area contributed by atoms with E-state index < -0.39 is 0 Å². The molecule has 0 fully saturated rings. The minimum Gasteiger partial charge on any atom is -0.469 e. The highest BCUT2D eigenvalue weighted by Crippen LogP contribution is 1.97. The van der Waals surface area contributed by atoms with Gasteiger partial charge in [0.25, 0.3) is 0 Å². The van der Waals surface area contributed by atoms with Gasteiger partial charge < -0.3 is 15.0 Å². The summed E-state index contributed by atoms with van der Waals surface area (Å²) in [4.78, 5) is 17.5. The Labute approximate surface area is 127 Å². The fourth-order valence-corrected chi connectivity index (χ4v) is 1.41. The SMILES string of the molecule is CCCCN(C)C(=NC)NCC(C)C(=O)OC.I. The van der Waals surface area contributed by atoms with Crippen molar-refractivity contribution in [3.05, 3.63) is 0 Å². The van der Waals surface area contributed by atoms with Gasteiger partial charge in [0.2, 0.25) is 0 Å². The number of guanidine groups is 1. The highest BCUT2D eigenvalue weighted by atomic mass is 127. The van der Waals surface area contributed by atoms with Gasteiger partial charge in [-0.2, -0.15) is 0 Å². The van der Waals surface area contributed by atoms with E-state index in [9.17, 15) is 4.79 Å². The van der Waals surface area contributed by atoms with Crippen LogP contribution in [0.4, 0.5) is 0 Å². The maximum atomic E-state index is 11.2. The molecule has 0 aromatic rings. The van der Waals surface area contributed by atoms with Gasteiger partial charge in [-0.25, -0.2) is 0 Å². The van der Waals surface area contributed by atoms with Crippen molar-refractivity contribution in [1.29, 1.82) is 0 Å². The van der Waals surface area contributed by atoms with Gasteiger partial charge >= 0.3 is 5.97 Å². The summed E-state index contributed by atoms with van der Waals surface area (Å²) >= 11 is 0. The van der Waals surface area contributed by atoms with Crippen LogP contribution in [0, 0.1) is 5.92 Å². The fraction of sp³-hybridized carbons (Fsp3) is 0.833. The lowest BCUT2D eigenvalue weighted by molar-refractivity contribution is -0.144. The molecule has 18 heavy (non-hydrogen) atoms. The molecule has 0 saturated heterocycles. The second-order valence-electron chi connectivity index (χ2n) is 4.13. The van der Waals surface area contributed by atoms with E-state index in [0.717, 1.165) is 25.3 Å². The quantitative estimate of drug-likeness (QED) is 0.334. The Morgan fingerprint density at radius 3 is 2.56 bits per heavy atom. The first-order valence-corrected chi connectivity index (χ1v) is 6.06. The van der Waals surface area contributed by atoms with Crippen LogP contribution in [0.25, 0.3) is 0 Å². The number of ether oxygens (including phenoxy) is 1. The molecule has 0 aliphatic carbocycles. The van der Waals surface area contributed by atoms with Crippen molar-refractivity contribution in [2.45, 2.75) is 26.7 Å². The van der Waals surface area contributed by atoms with Crippen LogP contribution in [0.15, 0.2) is 4.99 Å². The van der Waals surface area contributed by atoms with E-state index >= 15 is 0 Å². The van der Waals surface area contributed by atoms with Crippen LogP contribution >= 0.6 is 24.0 Å². The summed E-state index contributed by atoms with van der Waals surface area (Å²) in [5.41, 5.74) is 0. The molecule has 108 valence electrons. The molecule has 1 N–H and O–H groups in total. The highest BCUT2D eigenvalue weighted by Gasteiger charge is 2.14. The number of hydrogen-bond acceptors (Lipinski definition) is 3. The third-order valence-electron chi connectivity index (χ3n) is 2.59. The van der Waals surface area contributed by atoms with E-state index in [0.29, 0.717) is 6.54 Å². The lowest BCUT2D eigenvalue weighted by Crippen LogP contribution is -2.42. The number of methoxy groups -OCH3 is 1. The summed E-state index contributed by atoms with van der Waals surface area (Å²) in [7, 11) is 5.14. The zero-order valence-electron chi connectivity index (χ0n) is 12.0. The van der Waals surface area contributed by atoms with E-state index in [1.807, 2.05) is 14.0 Å². The van der Waals surface area contributed by atoms with E-state index in [-0.39, 0.29) is 35.9 Å². The monoisotopic (exact) mass is 371 g/mol. The number of carbonyl (C=O) groups excluding carboxylic acids is 1. The predicted octanol–water partition coefficient (Wildman–Crippen LogP) is 1.72. The van der Waals surface area contributed by atoms with Crippen LogP contribution < -0.4 is 5.32 Å². The summed E-state index contributed by atoms with van der Waals surface area (Å²) in [6, 6.07) is 0. The van der Waals surface area contributed by atoms with Crippen molar-refractivity contribution in [2.75, 3.05) is 34.3 Å². The molecule has 0 bridgehead atoms. The third-order valence-corrected chi connectivity index (χ3v) is 2.59. The molecular weight excluding hydrogens is 345 g/mol. The average molecular weight is 371 g/mol. The maximum absolute atomic E-state index is 11.2. The number of nitrogens with zero attached hydrogens (tertiary/aromatic N) is 2. The van der Waals surface area contributed by atoms with Crippen LogP contribution in [0.1, 0.15) is 26.7 Å². The van der Waals surface area contributed by atoms with Gasteiger partial charge in [-0.1, -0.05) is 20.3 Å². The second kappa shape index (κ2) is 11.6. The predicted molar refractivity (Wildman–Crippen MR) is 85.5 cm³/mol. The van der Waals surface area contributed by atoms with Crippen molar-refractivity contribution in [3.63, 3.8) is 0 Å². The number of carbonyl (C=O) groups is 1. The van der Waals surface area contributed by atoms with Crippen molar-refractivity contribution in [2.24, 2.45) is 10.9 Å². The average Bonchev–Trinajstić information content (AvgIpc) is 2.35. The van der Waals surface area contributed by atoms with E-state index in [4.69, 9.17) is 0 Å². The summed E-state index contributed by atoms with van der Waals surface area (Å²) < 4.78 is 4.67. The Kier molecular flexibility index (Phi) is 12.7. The van der Waals surface area contributed by atoms with Gasteiger partial charge in [-0.3, -0.25) is 9.79 Å². The van der Waals surface area contributed by atoms with Crippen molar-refractivity contribution in [1.82, 2.24) is 10.2 Å². The second-order valence-corrected chi connectivity index (χ2v) is 4.13.